The number of pyridine rings is 1. The molecule has 0 fully saturated rings. The Kier molecular flexibility index (Phi) is 4.12. The lowest BCUT2D eigenvalue weighted by Crippen LogP contribution is -2.28. The number of carbonyl (C=O) groups excluding carboxylic acids is 1. The van der Waals surface area contributed by atoms with E-state index in [1.807, 2.05) is 26.0 Å². The van der Waals surface area contributed by atoms with Gasteiger partial charge in [0.1, 0.15) is 11.4 Å². The summed E-state index contributed by atoms with van der Waals surface area (Å²) in [5.74, 6) is -0.0373. The molecule has 6 nitrogen and oxygen atoms in total. The first kappa shape index (κ1) is 14.2. The van der Waals surface area contributed by atoms with Gasteiger partial charge in [0.2, 0.25) is 5.91 Å². The SMILES string of the molecule is Cc1cc(C)nc(CN(C)C(=O)Cc2nonc2C)c1. The third-order valence-electron chi connectivity index (χ3n) is 3.04. The summed E-state index contributed by atoms with van der Waals surface area (Å²) in [4.78, 5) is 18.2. The number of aromatic nitrogens is 3. The van der Waals surface area contributed by atoms with E-state index in [0.717, 1.165) is 17.0 Å². The van der Waals surface area contributed by atoms with Gasteiger partial charge < -0.3 is 4.90 Å². The summed E-state index contributed by atoms with van der Waals surface area (Å²) in [6.07, 6.45) is 0.191. The van der Waals surface area contributed by atoms with E-state index in [4.69, 9.17) is 0 Å². The van der Waals surface area contributed by atoms with Crippen LogP contribution in [-0.4, -0.2) is 33.2 Å². The Morgan fingerprint density at radius 1 is 1.25 bits per heavy atom. The van der Waals surface area contributed by atoms with E-state index in [1.165, 1.54) is 0 Å². The molecule has 0 aromatic carbocycles. The number of aryl methyl sites for hydroxylation is 3. The Morgan fingerprint density at radius 3 is 2.60 bits per heavy atom. The van der Waals surface area contributed by atoms with Crippen LogP contribution in [-0.2, 0) is 17.8 Å². The average molecular weight is 274 g/mol. The summed E-state index contributed by atoms with van der Waals surface area (Å²) in [6, 6.07) is 4.00. The van der Waals surface area contributed by atoms with E-state index >= 15 is 0 Å². The molecular formula is C14H18N4O2. The molecule has 0 atom stereocenters. The normalized spacial score (nSPS) is 10.6. The Labute approximate surface area is 117 Å². The maximum absolute atomic E-state index is 12.1. The maximum Gasteiger partial charge on any atom is 0.228 e. The minimum absolute atomic E-state index is 0.0373. The van der Waals surface area contributed by atoms with Crippen molar-refractivity contribution in [2.75, 3.05) is 7.05 Å². The second-order valence-electron chi connectivity index (χ2n) is 5.00. The molecule has 0 unspecified atom stereocenters. The van der Waals surface area contributed by atoms with E-state index in [1.54, 1.807) is 18.9 Å². The highest BCUT2D eigenvalue weighted by atomic mass is 16.6. The molecule has 20 heavy (non-hydrogen) atoms. The predicted molar refractivity (Wildman–Crippen MR) is 72.9 cm³/mol. The molecule has 0 aliphatic carbocycles. The molecule has 0 saturated carbocycles. The number of amides is 1. The number of carbonyl (C=O) groups is 1. The Bertz CT molecular complexity index is 601. The molecule has 1 amide bonds. The fourth-order valence-corrected chi connectivity index (χ4v) is 2.03. The third-order valence-corrected chi connectivity index (χ3v) is 3.04. The van der Waals surface area contributed by atoms with E-state index in [-0.39, 0.29) is 12.3 Å². The van der Waals surface area contributed by atoms with Crippen molar-refractivity contribution in [3.63, 3.8) is 0 Å². The summed E-state index contributed by atoms with van der Waals surface area (Å²) >= 11 is 0. The molecule has 0 spiro atoms. The second-order valence-corrected chi connectivity index (χ2v) is 5.00. The van der Waals surface area contributed by atoms with E-state index < -0.39 is 0 Å². The molecule has 2 rings (SSSR count). The zero-order valence-corrected chi connectivity index (χ0v) is 12.2. The Balaban J connectivity index is 2.02. The second kappa shape index (κ2) is 5.81. The highest BCUT2D eigenvalue weighted by molar-refractivity contribution is 5.78. The summed E-state index contributed by atoms with van der Waals surface area (Å²) in [6.45, 7) is 6.21. The molecule has 2 heterocycles. The van der Waals surface area contributed by atoms with Crippen LogP contribution in [0.15, 0.2) is 16.8 Å². The number of hydrogen-bond acceptors (Lipinski definition) is 5. The van der Waals surface area contributed by atoms with Gasteiger partial charge in [-0.25, -0.2) is 4.63 Å². The lowest BCUT2D eigenvalue weighted by Gasteiger charge is -2.16. The fraction of sp³-hybridized carbons (Fsp3) is 0.429. The zero-order chi connectivity index (χ0) is 14.7. The van der Waals surface area contributed by atoms with Crippen LogP contribution in [0.25, 0.3) is 0 Å². The molecule has 0 bridgehead atoms. The first-order chi connectivity index (χ1) is 9.45. The largest absolute Gasteiger partial charge is 0.340 e. The molecule has 0 aliphatic rings. The van der Waals surface area contributed by atoms with Gasteiger partial charge in [-0.3, -0.25) is 9.78 Å². The van der Waals surface area contributed by atoms with Gasteiger partial charge in [-0.15, -0.1) is 0 Å². The molecule has 2 aromatic rings. The summed E-state index contributed by atoms with van der Waals surface area (Å²) in [5.41, 5.74) is 4.21. The number of likely N-dealkylation sites (N-methyl/N-ethyl adjacent to an activating group) is 1. The topological polar surface area (TPSA) is 72.1 Å². The minimum Gasteiger partial charge on any atom is -0.340 e. The van der Waals surface area contributed by atoms with E-state index in [9.17, 15) is 4.79 Å². The van der Waals surface area contributed by atoms with Crippen molar-refractivity contribution >= 4 is 5.91 Å². The van der Waals surface area contributed by atoms with E-state index in [2.05, 4.69) is 19.9 Å². The van der Waals surface area contributed by atoms with Gasteiger partial charge in [-0.1, -0.05) is 10.3 Å². The summed E-state index contributed by atoms with van der Waals surface area (Å²) in [7, 11) is 1.75. The fourth-order valence-electron chi connectivity index (χ4n) is 2.03. The zero-order valence-electron chi connectivity index (χ0n) is 12.2. The van der Waals surface area contributed by atoms with Crippen molar-refractivity contribution in [2.45, 2.75) is 33.7 Å². The molecule has 6 heteroatoms. The number of rotatable bonds is 4. The van der Waals surface area contributed by atoms with Crippen LogP contribution in [0.4, 0.5) is 0 Å². The van der Waals surface area contributed by atoms with Gasteiger partial charge in [0.05, 0.1) is 18.7 Å². The van der Waals surface area contributed by atoms with Crippen LogP contribution in [0.3, 0.4) is 0 Å². The van der Waals surface area contributed by atoms with Crippen LogP contribution in [0.2, 0.25) is 0 Å². The van der Waals surface area contributed by atoms with Gasteiger partial charge in [-0.05, 0) is 38.5 Å². The number of nitrogens with zero attached hydrogens (tertiary/aromatic N) is 4. The van der Waals surface area contributed by atoms with Gasteiger partial charge in [0.25, 0.3) is 0 Å². The van der Waals surface area contributed by atoms with Crippen molar-refractivity contribution in [3.8, 4) is 0 Å². The first-order valence-corrected chi connectivity index (χ1v) is 6.42. The highest BCUT2D eigenvalue weighted by Crippen LogP contribution is 2.09. The molecule has 0 saturated heterocycles. The van der Waals surface area contributed by atoms with Crippen molar-refractivity contribution in [3.05, 3.63) is 40.5 Å². The molecule has 0 aliphatic heterocycles. The van der Waals surface area contributed by atoms with E-state index in [0.29, 0.717) is 17.9 Å². The van der Waals surface area contributed by atoms with Gasteiger partial charge in [0.15, 0.2) is 0 Å². The highest BCUT2D eigenvalue weighted by Gasteiger charge is 2.15. The third kappa shape index (κ3) is 3.40. The van der Waals surface area contributed by atoms with Gasteiger partial charge >= 0.3 is 0 Å². The van der Waals surface area contributed by atoms with Crippen LogP contribution in [0.1, 0.15) is 28.3 Å². The van der Waals surface area contributed by atoms with Crippen molar-refractivity contribution < 1.29 is 9.42 Å². The standard InChI is InChI=1S/C14H18N4O2/c1-9-5-10(2)15-12(6-9)8-18(4)14(19)7-13-11(3)16-20-17-13/h5-6H,7-8H2,1-4H3. The Hall–Kier alpha value is -2.24. The quantitative estimate of drug-likeness (QED) is 0.846. The van der Waals surface area contributed by atoms with Gasteiger partial charge in [-0.2, -0.15) is 0 Å². The van der Waals surface area contributed by atoms with Crippen molar-refractivity contribution in [1.82, 2.24) is 20.2 Å². The molecule has 2 aromatic heterocycles. The molecule has 0 N–H and O–H groups in total. The Morgan fingerprint density at radius 2 is 2.00 bits per heavy atom. The van der Waals surface area contributed by atoms with Crippen LogP contribution in [0.5, 0.6) is 0 Å². The minimum atomic E-state index is -0.0373. The van der Waals surface area contributed by atoms with Crippen molar-refractivity contribution in [1.29, 1.82) is 0 Å². The first-order valence-electron chi connectivity index (χ1n) is 6.42. The van der Waals surface area contributed by atoms with Crippen molar-refractivity contribution in [2.24, 2.45) is 0 Å². The average Bonchev–Trinajstić information content (AvgIpc) is 2.73. The van der Waals surface area contributed by atoms with Gasteiger partial charge in [0, 0.05) is 12.7 Å². The van der Waals surface area contributed by atoms with Crippen LogP contribution in [0, 0.1) is 20.8 Å². The molecule has 106 valence electrons. The lowest BCUT2D eigenvalue weighted by atomic mass is 10.2. The monoisotopic (exact) mass is 274 g/mol. The van der Waals surface area contributed by atoms with Crippen LogP contribution >= 0.6 is 0 Å². The lowest BCUT2D eigenvalue weighted by molar-refractivity contribution is -0.129. The van der Waals surface area contributed by atoms with Crippen LogP contribution < -0.4 is 0 Å². The summed E-state index contributed by atoms with van der Waals surface area (Å²) < 4.78 is 4.59. The molecular weight excluding hydrogens is 256 g/mol. The molecule has 0 radical (unpaired) electrons. The number of hydrogen-bond donors (Lipinski definition) is 0. The maximum atomic E-state index is 12.1. The summed E-state index contributed by atoms with van der Waals surface area (Å²) in [5, 5.41) is 7.39. The smallest absolute Gasteiger partial charge is 0.228 e. The predicted octanol–water partition coefficient (Wildman–Crippen LogP) is 1.59.